The Morgan fingerprint density at radius 1 is 1.36 bits per heavy atom. The van der Waals surface area contributed by atoms with Crippen molar-refractivity contribution < 1.29 is 9.31 Å². The van der Waals surface area contributed by atoms with E-state index in [9.17, 15) is 14.5 Å². The largest absolute Gasteiger partial charge is 0.346 e. The molecule has 1 aliphatic heterocycles. The molecular formula is C15H11FN4O2. The summed E-state index contributed by atoms with van der Waals surface area (Å²) < 4.78 is 13.2. The maximum Gasteiger partial charge on any atom is 0.329 e. The average Bonchev–Trinajstić information content (AvgIpc) is 2.53. The lowest BCUT2D eigenvalue weighted by Gasteiger charge is -2.29. The zero-order chi connectivity index (χ0) is 15.7. The van der Waals surface area contributed by atoms with E-state index in [1.165, 1.54) is 24.4 Å². The quantitative estimate of drug-likeness (QED) is 0.628. The van der Waals surface area contributed by atoms with Gasteiger partial charge in [0, 0.05) is 19.3 Å². The van der Waals surface area contributed by atoms with E-state index in [0.29, 0.717) is 19.5 Å². The minimum atomic E-state index is -0.582. The van der Waals surface area contributed by atoms with Gasteiger partial charge in [0.2, 0.25) is 5.82 Å². The molecule has 0 aliphatic carbocycles. The highest BCUT2D eigenvalue weighted by Gasteiger charge is 2.28. The monoisotopic (exact) mass is 298 g/mol. The van der Waals surface area contributed by atoms with Crippen molar-refractivity contribution in [2.45, 2.75) is 13.0 Å². The summed E-state index contributed by atoms with van der Waals surface area (Å²) in [5.41, 5.74) is 1.51. The Kier molecular flexibility index (Phi) is 3.43. The fourth-order valence-electron chi connectivity index (χ4n) is 2.65. The van der Waals surface area contributed by atoms with Gasteiger partial charge in [0.1, 0.15) is 17.4 Å². The van der Waals surface area contributed by atoms with E-state index < -0.39 is 4.92 Å². The maximum atomic E-state index is 13.2. The number of aromatic nitrogens is 1. The van der Waals surface area contributed by atoms with Crippen LogP contribution in [0.1, 0.15) is 16.7 Å². The molecule has 3 rings (SSSR count). The minimum Gasteiger partial charge on any atom is -0.346 e. The highest BCUT2D eigenvalue weighted by atomic mass is 19.1. The van der Waals surface area contributed by atoms with E-state index in [1.54, 1.807) is 11.0 Å². The number of halogens is 1. The van der Waals surface area contributed by atoms with Crippen LogP contribution in [0.2, 0.25) is 0 Å². The van der Waals surface area contributed by atoms with Crippen molar-refractivity contribution in [1.82, 2.24) is 4.98 Å². The smallest absolute Gasteiger partial charge is 0.329 e. The summed E-state index contributed by atoms with van der Waals surface area (Å²) in [6.45, 7) is 0.886. The molecule has 0 amide bonds. The molecule has 7 heteroatoms. The third-order valence-electron chi connectivity index (χ3n) is 3.69. The number of hydrogen-bond donors (Lipinski definition) is 0. The molecule has 110 valence electrons. The molecule has 2 heterocycles. The molecule has 0 bridgehead atoms. The van der Waals surface area contributed by atoms with Crippen LogP contribution in [0.25, 0.3) is 0 Å². The number of fused-ring (bicyclic) bond motifs is 1. The van der Waals surface area contributed by atoms with Crippen LogP contribution >= 0.6 is 0 Å². The van der Waals surface area contributed by atoms with Crippen molar-refractivity contribution in [2.75, 3.05) is 11.4 Å². The molecule has 0 unspecified atom stereocenters. The van der Waals surface area contributed by atoms with Crippen LogP contribution in [0.15, 0.2) is 30.5 Å². The predicted octanol–water partition coefficient (Wildman–Crippen LogP) is 2.56. The van der Waals surface area contributed by atoms with Gasteiger partial charge in [0.25, 0.3) is 0 Å². The van der Waals surface area contributed by atoms with Gasteiger partial charge in [-0.25, -0.2) is 9.37 Å². The van der Waals surface area contributed by atoms with Gasteiger partial charge in [-0.2, -0.15) is 5.26 Å². The molecule has 0 N–H and O–H groups in total. The lowest BCUT2D eigenvalue weighted by Crippen LogP contribution is -2.31. The van der Waals surface area contributed by atoms with Gasteiger partial charge in [0.15, 0.2) is 0 Å². The first-order valence-electron chi connectivity index (χ1n) is 6.66. The van der Waals surface area contributed by atoms with E-state index in [4.69, 9.17) is 5.26 Å². The molecule has 1 aromatic carbocycles. The summed E-state index contributed by atoms with van der Waals surface area (Å²) in [7, 11) is 0. The Hall–Kier alpha value is -3.01. The van der Waals surface area contributed by atoms with E-state index in [1.807, 2.05) is 6.07 Å². The van der Waals surface area contributed by atoms with Crippen molar-refractivity contribution in [3.63, 3.8) is 0 Å². The second-order valence-corrected chi connectivity index (χ2v) is 4.98. The van der Waals surface area contributed by atoms with E-state index in [0.717, 1.165) is 11.1 Å². The Morgan fingerprint density at radius 2 is 2.18 bits per heavy atom. The molecule has 0 saturated carbocycles. The lowest BCUT2D eigenvalue weighted by atomic mass is 9.99. The number of anilines is 1. The second-order valence-electron chi connectivity index (χ2n) is 4.98. The van der Waals surface area contributed by atoms with Gasteiger partial charge in [-0.15, -0.1) is 0 Å². The average molecular weight is 298 g/mol. The SMILES string of the molecule is N#Cc1ccnc(N2CCc3cc(F)ccc3C2)c1[N+](=O)[O-]. The van der Waals surface area contributed by atoms with Crippen LogP contribution in [0.4, 0.5) is 15.9 Å². The van der Waals surface area contributed by atoms with Crippen molar-refractivity contribution >= 4 is 11.5 Å². The van der Waals surface area contributed by atoms with Crippen molar-refractivity contribution in [1.29, 1.82) is 5.26 Å². The molecular weight excluding hydrogens is 287 g/mol. The first-order valence-corrected chi connectivity index (χ1v) is 6.66. The molecule has 0 atom stereocenters. The number of nitro groups is 1. The number of rotatable bonds is 2. The van der Waals surface area contributed by atoms with Crippen LogP contribution < -0.4 is 4.90 Å². The fraction of sp³-hybridized carbons (Fsp3) is 0.200. The molecule has 0 spiro atoms. The van der Waals surface area contributed by atoms with Gasteiger partial charge < -0.3 is 4.90 Å². The Balaban J connectivity index is 2.02. The molecule has 2 aromatic rings. The van der Waals surface area contributed by atoms with Gasteiger partial charge in [0.05, 0.1) is 4.92 Å². The van der Waals surface area contributed by atoms with E-state index >= 15 is 0 Å². The first-order chi connectivity index (χ1) is 10.6. The highest BCUT2D eigenvalue weighted by Crippen LogP contribution is 2.32. The normalized spacial score (nSPS) is 13.4. The van der Waals surface area contributed by atoms with Gasteiger partial charge in [-0.1, -0.05) is 6.07 Å². The molecule has 0 fully saturated rings. The maximum absolute atomic E-state index is 13.2. The van der Waals surface area contributed by atoms with Crippen LogP contribution in [-0.2, 0) is 13.0 Å². The minimum absolute atomic E-state index is 0.0140. The molecule has 6 nitrogen and oxygen atoms in total. The number of nitrogens with zero attached hydrogens (tertiary/aromatic N) is 4. The summed E-state index contributed by atoms with van der Waals surface area (Å²) >= 11 is 0. The van der Waals surface area contributed by atoms with Gasteiger partial charge in [-0.05, 0) is 35.7 Å². The number of pyridine rings is 1. The summed E-state index contributed by atoms with van der Waals surface area (Å²) in [4.78, 5) is 16.5. The number of nitriles is 1. The Labute approximate surface area is 125 Å². The fourth-order valence-corrected chi connectivity index (χ4v) is 2.65. The van der Waals surface area contributed by atoms with Crippen molar-refractivity contribution in [3.05, 3.63) is 63.1 Å². The van der Waals surface area contributed by atoms with Crippen molar-refractivity contribution in [2.24, 2.45) is 0 Å². The topological polar surface area (TPSA) is 83.1 Å². The Bertz CT molecular complexity index is 801. The van der Waals surface area contributed by atoms with E-state index in [2.05, 4.69) is 4.98 Å². The third kappa shape index (κ3) is 2.35. The summed E-state index contributed by atoms with van der Waals surface area (Å²) in [6, 6.07) is 7.69. The number of hydrogen-bond acceptors (Lipinski definition) is 5. The standard InChI is InChI=1S/C15H11FN4O2/c16-13-2-1-12-9-19(6-4-10(12)7-13)15-14(20(21)22)11(8-17)3-5-18-15/h1-3,5,7H,4,6,9H2. The highest BCUT2D eigenvalue weighted by molar-refractivity contribution is 5.66. The van der Waals surface area contributed by atoms with Crippen LogP contribution in [-0.4, -0.2) is 16.5 Å². The summed E-state index contributed by atoms with van der Waals surface area (Å²) in [5, 5.41) is 20.3. The molecule has 1 aromatic heterocycles. The predicted molar refractivity (Wildman–Crippen MR) is 76.8 cm³/mol. The van der Waals surface area contributed by atoms with E-state index in [-0.39, 0.29) is 22.9 Å². The van der Waals surface area contributed by atoms with Gasteiger partial charge in [-0.3, -0.25) is 10.1 Å². The summed E-state index contributed by atoms with van der Waals surface area (Å²) in [6.07, 6.45) is 1.96. The second kappa shape index (κ2) is 5.41. The molecule has 0 saturated heterocycles. The third-order valence-corrected chi connectivity index (χ3v) is 3.69. The molecule has 22 heavy (non-hydrogen) atoms. The lowest BCUT2D eigenvalue weighted by molar-refractivity contribution is -0.384. The zero-order valence-corrected chi connectivity index (χ0v) is 11.5. The van der Waals surface area contributed by atoms with Crippen molar-refractivity contribution in [3.8, 4) is 6.07 Å². The molecule has 0 radical (unpaired) electrons. The molecule has 1 aliphatic rings. The zero-order valence-electron chi connectivity index (χ0n) is 11.5. The Morgan fingerprint density at radius 3 is 2.91 bits per heavy atom. The van der Waals surface area contributed by atoms with Crippen LogP contribution in [0, 0.1) is 27.3 Å². The number of benzene rings is 1. The summed E-state index contributed by atoms with van der Waals surface area (Å²) in [5.74, 6) is -0.109. The van der Waals surface area contributed by atoms with Gasteiger partial charge >= 0.3 is 5.69 Å². The van der Waals surface area contributed by atoms with Crippen LogP contribution in [0.3, 0.4) is 0 Å². The van der Waals surface area contributed by atoms with Crippen LogP contribution in [0.5, 0.6) is 0 Å². The first kappa shape index (κ1) is 13.9.